The fourth-order valence-electron chi connectivity index (χ4n) is 1.34. The summed E-state index contributed by atoms with van der Waals surface area (Å²) in [5.74, 6) is -0.633. The van der Waals surface area contributed by atoms with Crippen molar-refractivity contribution in [1.82, 2.24) is 0 Å². The number of aromatic carboxylic acids is 1. The Morgan fingerprint density at radius 1 is 1.11 bits per heavy atom. The van der Waals surface area contributed by atoms with Gasteiger partial charge in [0.15, 0.2) is 0 Å². The molecule has 3 nitrogen and oxygen atoms in total. The molecule has 0 amide bonds. The number of ether oxygens (including phenoxy) is 1. The Kier molecular flexibility index (Phi) is 3.62. The van der Waals surface area contributed by atoms with Crippen molar-refractivity contribution in [1.29, 1.82) is 0 Å². The van der Waals surface area contributed by atoms with Gasteiger partial charge in [-0.25, -0.2) is 9.18 Å². The highest BCUT2D eigenvalue weighted by molar-refractivity contribution is 9.10. The molecule has 0 aliphatic rings. The molecule has 0 spiro atoms. The molecule has 0 unspecified atom stereocenters. The highest BCUT2D eigenvalue weighted by Crippen LogP contribution is 2.25. The second-order valence-corrected chi connectivity index (χ2v) is 4.36. The van der Waals surface area contributed by atoms with Gasteiger partial charge in [-0.05, 0) is 52.3 Å². The monoisotopic (exact) mass is 310 g/mol. The van der Waals surface area contributed by atoms with E-state index in [0.29, 0.717) is 16.0 Å². The van der Waals surface area contributed by atoms with Gasteiger partial charge in [-0.1, -0.05) is 0 Å². The summed E-state index contributed by atoms with van der Waals surface area (Å²) in [6.45, 7) is 0. The number of carbonyl (C=O) groups is 1. The molecule has 2 rings (SSSR count). The van der Waals surface area contributed by atoms with Crippen LogP contribution in [0.4, 0.5) is 4.39 Å². The topological polar surface area (TPSA) is 46.5 Å². The van der Waals surface area contributed by atoms with Crippen molar-refractivity contribution in [3.05, 3.63) is 58.3 Å². The number of carboxylic acids is 1. The molecule has 0 bridgehead atoms. The van der Waals surface area contributed by atoms with Gasteiger partial charge >= 0.3 is 5.97 Å². The molecule has 0 saturated heterocycles. The van der Waals surface area contributed by atoms with E-state index in [-0.39, 0.29) is 5.56 Å². The van der Waals surface area contributed by atoms with E-state index >= 15 is 0 Å². The number of benzene rings is 2. The lowest BCUT2D eigenvalue weighted by Crippen LogP contribution is -1.95. The Morgan fingerprint density at radius 2 is 1.72 bits per heavy atom. The molecule has 5 heteroatoms. The summed E-state index contributed by atoms with van der Waals surface area (Å²) in [5, 5.41) is 8.74. The Labute approximate surface area is 111 Å². The maximum Gasteiger partial charge on any atom is 0.335 e. The summed E-state index contributed by atoms with van der Waals surface area (Å²) < 4.78 is 19.0. The van der Waals surface area contributed by atoms with Gasteiger partial charge in [0.25, 0.3) is 0 Å². The maximum absolute atomic E-state index is 13.2. The Morgan fingerprint density at radius 3 is 2.28 bits per heavy atom. The van der Waals surface area contributed by atoms with Crippen molar-refractivity contribution in [2.24, 2.45) is 0 Å². The zero-order valence-corrected chi connectivity index (χ0v) is 10.6. The minimum atomic E-state index is -1.00. The lowest BCUT2D eigenvalue weighted by Gasteiger charge is -2.06. The standard InChI is InChI=1S/C13H8BrFO3/c14-11-6-5-10(7-12(11)15)18-9-3-1-8(2-4-9)13(16)17/h1-7H,(H,16,17). The van der Waals surface area contributed by atoms with Crippen LogP contribution in [-0.4, -0.2) is 11.1 Å². The molecule has 0 aliphatic heterocycles. The average Bonchev–Trinajstić information content (AvgIpc) is 2.34. The quantitative estimate of drug-likeness (QED) is 0.929. The summed E-state index contributed by atoms with van der Waals surface area (Å²) in [4.78, 5) is 10.7. The third-order valence-electron chi connectivity index (χ3n) is 2.23. The summed E-state index contributed by atoms with van der Waals surface area (Å²) >= 11 is 3.04. The molecular weight excluding hydrogens is 303 g/mol. The van der Waals surface area contributed by atoms with Crippen LogP contribution in [0.1, 0.15) is 10.4 Å². The molecule has 0 atom stereocenters. The fraction of sp³-hybridized carbons (Fsp3) is 0. The van der Waals surface area contributed by atoms with Crippen LogP contribution >= 0.6 is 15.9 Å². The number of rotatable bonds is 3. The summed E-state index contributed by atoms with van der Waals surface area (Å²) in [6, 6.07) is 10.3. The molecule has 1 N–H and O–H groups in total. The number of halogens is 2. The lowest BCUT2D eigenvalue weighted by atomic mass is 10.2. The first-order valence-corrected chi connectivity index (χ1v) is 5.82. The van der Waals surface area contributed by atoms with Gasteiger partial charge in [-0.3, -0.25) is 0 Å². The molecule has 0 saturated carbocycles. The van der Waals surface area contributed by atoms with Crippen LogP contribution in [0.3, 0.4) is 0 Å². The van der Waals surface area contributed by atoms with E-state index in [1.165, 1.54) is 36.4 Å². The highest BCUT2D eigenvalue weighted by atomic mass is 79.9. The summed E-state index contributed by atoms with van der Waals surface area (Å²) in [7, 11) is 0. The van der Waals surface area contributed by atoms with Crippen molar-refractivity contribution in [3.63, 3.8) is 0 Å². The van der Waals surface area contributed by atoms with Crippen molar-refractivity contribution >= 4 is 21.9 Å². The predicted octanol–water partition coefficient (Wildman–Crippen LogP) is 4.08. The predicted molar refractivity (Wildman–Crippen MR) is 67.6 cm³/mol. The van der Waals surface area contributed by atoms with Gasteiger partial charge in [-0.2, -0.15) is 0 Å². The van der Waals surface area contributed by atoms with E-state index in [1.54, 1.807) is 6.07 Å². The van der Waals surface area contributed by atoms with E-state index < -0.39 is 11.8 Å². The van der Waals surface area contributed by atoms with Crippen LogP contribution < -0.4 is 4.74 Å². The number of hydrogen-bond acceptors (Lipinski definition) is 2. The zero-order valence-electron chi connectivity index (χ0n) is 9.06. The first kappa shape index (κ1) is 12.6. The third-order valence-corrected chi connectivity index (χ3v) is 2.87. The molecule has 18 heavy (non-hydrogen) atoms. The van der Waals surface area contributed by atoms with Crippen LogP contribution in [0, 0.1) is 5.82 Å². The fourth-order valence-corrected chi connectivity index (χ4v) is 1.59. The zero-order chi connectivity index (χ0) is 13.1. The maximum atomic E-state index is 13.2. The second-order valence-electron chi connectivity index (χ2n) is 3.51. The second kappa shape index (κ2) is 5.18. The van der Waals surface area contributed by atoms with Gasteiger partial charge in [0, 0.05) is 6.07 Å². The normalized spacial score (nSPS) is 10.1. The Bertz CT molecular complexity index is 581. The Hall–Kier alpha value is -1.88. The van der Waals surface area contributed by atoms with Crippen molar-refractivity contribution < 1.29 is 19.0 Å². The largest absolute Gasteiger partial charge is 0.478 e. The van der Waals surface area contributed by atoms with Gasteiger partial charge < -0.3 is 9.84 Å². The minimum absolute atomic E-state index is 0.171. The highest BCUT2D eigenvalue weighted by Gasteiger charge is 2.05. The van der Waals surface area contributed by atoms with E-state index in [2.05, 4.69) is 15.9 Å². The SMILES string of the molecule is O=C(O)c1ccc(Oc2ccc(Br)c(F)c2)cc1. The molecule has 0 fully saturated rings. The van der Waals surface area contributed by atoms with Gasteiger partial charge in [0.2, 0.25) is 0 Å². The average molecular weight is 311 g/mol. The van der Waals surface area contributed by atoms with Crippen LogP contribution in [0.5, 0.6) is 11.5 Å². The summed E-state index contributed by atoms with van der Waals surface area (Å²) in [6.07, 6.45) is 0. The van der Waals surface area contributed by atoms with Crippen LogP contribution in [0.15, 0.2) is 46.9 Å². The van der Waals surface area contributed by atoms with Crippen LogP contribution in [0.2, 0.25) is 0 Å². The van der Waals surface area contributed by atoms with Gasteiger partial charge in [0.05, 0.1) is 10.0 Å². The van der Waals surface area contributed by atoms with E-state index in [4.69, 9.17) is 9.84 Å². The minimum Gasteiger partial charge on any atom is -0.478 e. The van der Waals surface area contributed by atoms with Crippen LogP contribution in [-0.2, 0) is 0 Å². The molecule has 0 aromatic heterocycles. The van der Waals surface area contributed by atoms with Crippen molar-refractivity contribution in [2.45, 2.75) is 0 Å². The summed E-state index contributed by atoms with van der Waals surface area (Å²) in [5.41, 5.74) is 0.171. The molecule has 2 aromatic rings. The molecular formula is C13H8BrFO3. The molecule has 92 valence electrons. The first-order valence-electron chi connectivity index (χ1n) is 5.02. The number of carboxylic acid groups (broad SMARTS) is 1. The van der Waals surface area contributed by atoms with E-state index in [9.17, 15) is 9.18 Å². The first-order chi connectivity index (χ1) is 8.56. The molecule has 0 aliphatic carbocycles. The van der Waals surface area contributed by atoms with E-state index in [0.717, 1.165) is 0 Å². The van der Waals surface area contributed by atoms with E-state index in [1.807, 2.05) is 0 Å². The molecule has 0 radical (unpaired) electrons. The Balaban J connectivity index is 2.18. The smallest absolute Gasteiger partial charge is 0.335 e. The molecule has 0 heterocycles. The molecule has 2 aromatic carbocycles. The third kappa shape index (κ3) is 2.87. The van der Waals surface area contributed by atoms with Crippen LogP contribution in [0.25, 0.3) is 0 Å². The van der Waals surface area contributed by atoms with Crippen molar-refractivity contribution in [3.8, 4) is 11.5 Å². The van der Waals surface area contributed by atoms with Gasteiger partial charge in [-0.15, -0.1) is 0 Å². The van der Waals surface area contributed by atoms with Crippen molar-refractivity contribution in [2.75, 3.05) is 0 Å². The number of hydrogen-bond donors (Lipinski definition) is 1. The lowest BCUT2D eigenvalue weighted by molar-refractivity contribution is 0.0697. The van der Waals surface area contributed by atoms with Gasteiger partial charge in [0.1, 0.15) is 17.3 Å².